The third kappa shape index (κ3) is 4.89. The van der Waals surface area contributed by atoms with Crippen LogP contribution in [0, 0.1) is 0 Å². The lowest BCUT2D eigenvalue weighted by atomic mass is 10.1. The van der Waals surface area contributed by atoms with Gasteiger partial charge in [0.1, 0.15) is 0 Å². The molecular weight excluding hydrogens is 208 g/mol. The molecule has 1 aliphatic rings. The fourth-order valence-electron chi connectivity index (χ4n) is 1.71. The normalized spacial score (nSPS) is 27.7. The van der Waals surface area contributed by atoms with Gasteiger partial charge in [0.05, 0.1) is 0 Å². The summed E-state index contributed by atoms with van der Waals surface area (Å²) in [5.41, 5.74) is 5.60. The number of hydrogen-bond acceptors (Lipinski definition) is 3. The lowest BCUT2D eigenvalue weighted by Gasteiger charge is -2.22. The molecule has 1 heterocycles. The van der Waals surface area contributed by atoms with E-state index in [9.17, 15) is 4.79 Å². The Hall–Kier alpha value is -0.220. The molecule has 4 heteroatoms. The molecule has 2 atom stereocenters. The van der Waals surface area contributed by atoms with Crippen LogP contribution >= 0.6 is 11.8 Å². The second-order valence-electron chi connectivity index (χ2n) is 4.69. The van der Waals surface area contributed by atoms with Gasteiger partial charge in [-0.1, -0.05) is 0 Å². The molecule has 0 spiro atoms. The zero-order valence-corrected chi connectivity index (χ0v) is 10.5. The molecule has 1 aliphatic heterocycles. The summed E-state index contributed by atoms with van der Waals surface area (Å²) >= 11 is 1.97. The molecule has 1 rings (SSSR count). The molecule has 0 aromatic heterocycles. The summed E-state index contributed by atoms with van der Waals surface area (Å²) in [7, 11) is 0. The number of nitrogens with one attached hydrogen (secondary N) is 1. The fourth-order valence-corrected chi connectivity index (χ4v) is 2.95. The molecule has 1 amide bonds. The van der Waals surface area contributed by atoms with E-state index < -0.39 is 0 Å². The maximum Gasteiger partial charge on any atom is 0.220 e. The van der Waals surface area contributed by atoms with Crippen molar-refractivity contribution in [3.8, 4) is 0 Å². The first-order valence-electron chi connectivity index (χ1n) is 5.68. The van der Waals surface area contributed by atoms with Crippen LogP contribution in [0.25, 0.3) is 0 Å². The van der Waals surface area contributed by atoms with Crippen molar-refractivity contribution >= 4 is 17.7 Å². The van der Waals surface area contributed by atoms with Gasteiger partial charge in [-0.2, -0.15) is 11.8 Å². The smallest absolute Gasteiger partial charge is 0.220 e. The number of nitrogens with two attached hydrogens (primary N) is 1. The van der Waals surface area contributed by atoms with E-state index in [4.69, 9.17) is 5.73 Å². The van der Waals surface area contributed by atoms with Crippen molar-refractivity contribution in [3.63, 3.8) is 0 Å². The largest absolute Gasteiger partial charge is 0.355 e. The molecule has 3 N–H and O–H groups in total. The average Bonchev–Trinajstić information content (AvgIpc) is 2.60. The van der Waals surface area contributed by atoms with Crippen molar-refractivity contribution in [2.45, 2.75) is 50.3 Å². The van der Waals surface area contributed by atoms with E-state index in [2.05, 4.69) is 12.2 Å². The second-order valence-corrected chi connectivity index (χ2v) is 6.38. The predicted molar refractivity (Wildman–Crippen MR) is 66.0 cm³/mol. The zero-order chi connectivity index (χ0) is 11.3. The SMILES string of the molecule is CC(N)CCC(=O)NCC1(C)CCCS1. The number of thioether (sulfide) groups is 1. The lowest BCUT2D eigenvalue weighted by Crippen LogP contribution is -2.37. The second kappa shape index (κ2) is 5.75. The predicted octanol–water partition coefficient (Wildman–Crippen LogP) is 1.52. The third-order valence-electron chi connectivity index (χ3n) is 2.79. The summed E-state index contributed by atoms with van der Waals surface area (Å²) < 4.78 is 0.268. The van der Waals surface area contributed by atoms with Gasteiger partial charge in [-0.25, -0.2) is 0 Å². The Kier molecular flexibility index (Phi) is 4.93. The van der Waals surface area contributed by atoms with E-state index in [1.54, 1.807) is 0 Å². The van der Waals surface area contributed by atoms with Gasteiger partial charge in [-0.15, -0.1) is 0 Å². The Morgan fingerprint density at radius 1 is 1.67 bits per heavy atom. The standard InChI is InChI=1S/C11H22N2OS/c1-9(12)4-5-10(14)13-8-11(2)6-3-7-15-11/h9H,3-8,12H2,1-2H3,(H,13,14). The summed E-state index contributed by atoms with van der Waals surface area (Å²) in [6.45, 7) is 4.97. The highest BCUT2D eigenvalue weighted by Crippen LogP contribution is 2.36. The van der Waals surface area contributed by atoms with Crippen LogP contribution in [0.2, 0.25) is 0 Å². The molecule has 0 radical (unpaired) electrons. The lowest BCUT2D eigenvalue weighted by molar-refractivity contribution is -0.121. The quantitative estimate of drug-likeness (QED) is 0.753. The Morgan fingerprint density at radius 2 is 2.40 bits per heavy atom. The monoisotopic (exact) mass is 230 g/mol. The molecule has 3 nitrogen and oxygen atoms in total. The van der Waals surface area contributed by atoms with Gasteiger partial charge in [0.15, 0.2) is 0 Å². The van der Waals surface area contributed by atoms with E-state index in [0.29, 0.717) is 6.42 Å². The van der Waals surface area contributed by atoms with E-state index in [1.807, 2.05) is 18.7 Å². The van der Waals surface area contributed by atoms with Gasteiger partial charge in [-0.05, 0) is 38.9 Å². The molecule has 0 bridgehead atoms. The van der Waals surface area contributed by atoms with Gasteiger partial charge >= 0.3 is 0 Å². The number of amides is 1. The molecule has 0 aromatic rings. The molecule has 0 aromatic carbocycles. The third-order valence-corrected chi connectivity index (χ3v) is 4.32. The fraction of sp³-hybridized carbons (Fsp3) is 0.909. The minimum absolute atomic E-state index is 0.118. The molecule has 1 saturated heterocycles. The first-order chi connectivity index (χ1) is 7.02. The first-order valence-corrected chi connectivity index (χ1v) is 6.67. The van der Waals surface area contributed by atoms with Crippen LogP contribution < -0.4 is 11.1 Å². The molecule has 88 valence electrons. The van der Waals surface area contributed by atoms with Crippen molar-refractivity contribution in [2.24, 2.45) is 5.73 Å². The number of carbonyl (C=O) groups excluding carboxylic acids is 1. The van der Waals surface area contributed by atoms with Crippen LogP contribution in [0.15, 0.2) is 0 Å². The number of rotatable bonds is 5. The van der Waals surface area contributed by atoms with E-state index in [0.717, 1.165) is 13.0 Å². The summed E-state index contributed by atoms with van der Waals surface area (Å²) in [6, 6.07) is 0.118. The summed E-state index contributed by atoms with van der Waals surface area (Å²) in [5.74, 6) is 1.37. The molecule has 0 aliphatic carbocycles. The number of hydrogen-bond donors (Lipinski definition) is 2. The van der Waals surface area contributed by atoms with E-state index in [-0.39, 0.29) is 16.7 Å². The van der Waals surface area contributed by atoms with E-state index >= 15 is 0 Å². The van der Waals surface area contributed by atoms with Crippen molar-refractivity contribution < 1.29 is 4.79 Å². The van der Waals surface area contributed by atoms with Crippen molar-refractivity contribution in [2.75, 3.05) is 12.3 Å². The summed E-state index contributed by atoms with van der Waals surface area (Å²) in [4.78, 5) is 11.5. The van der Waals surface area contributed by atoms with Crippen molar-refractivity contribution in [1.29, 1.82) is 0 Å². The van der Waals surface area contributed by atoms with Crippen LogP contribution in [0.3, 0.4) is 0 Å². The summed E-state index contributed by atoms with van der Waals surface area (Å²) in [6.07, 6.45) is 3.82. The molecule has 15 heavy (non-hydrogen) atoms. The van der Waals surface area contributed by atoms with Crippen molar-refractivity contribution in [3.05, 3.63) is 0 Å². The Bertz CT molecular complexity index is 213. The molecule has 0 saturated carbocycles. The highest BCUT2D eigenvalue weighted by Gasteiger charge is 2.29. The molecule has 1 fully saturated rings. The van der Waals surface area contributed by atoms with E-state index in [1.165, 1.54) is 18.6 Å². The zero-order valence-electron chi connectivity index (χ0n) is 9.71. The Labute approximate surface area is 96.6 Å². The van der Waals surface area contributed by atoms with Gasteiger partial charge in [0.25, 0.3) is 0 Å². The minimum atomic E-state index is 0.118. The highest BCUT2D eigenvalue weighted by molar-refractivity contribution is 8.00. The molecular formula is C11H22N2OS. The topological polar surface area (TPSA) is 55.1 Å². The van der Waals surface area contributed by atoms with Crippen LogP contribution in [0.1, 0.15) is 39.5 Å². The van der Waals surface area contributed by atoms with Crippen LogP contribution in [0.4, 0.5) is 0 Å². The number of carbonyl (C=O) groups is 1. The average molecular weight is 230 g/mol. The maximum absolute atomic E-state index is 11.5. The van der Waals surface area contributed by atoms with Crippen LogP contribution in [-0.2, 0) is 4.79 Å². The Balaban J connectivity index is 2.16. The van der Waals surface area contributed by atoms with Crippen molar-refractivity contribution in [1.82, 2.24) is 5.32 Å². The minimum Gasteiger partial charge on any atom is -0.355 e. The van der Waals surface area contributed by atoms with Gasteiger partial charge in [0.2, 0.25) is 5.91 Å². The van der Waals surface area contributed by atoms with Gasteiger partial charge in [-0.3, -0.25) is 4.79 Å². The first kappa shape index (κ1) is 12.8. The highest BCUT2D eigenvalue weighted by atomic mass is 32.2. The van der Waals surface area contributed by atoms with Gasteiger partial charge < -0.3 is 11.1 Å². The van der Waals surface area contributed by atoms with Crippen LogP contribution in [0.5, 0.6) is 0 Å². The maximum atomic E-state index is 11.5. The molecule has 2 unspecified atom stereocenters. The van der Waals surface area contributed by atoms with Crippen LogP contribution in [-0.4, -0.2) is 29.0 Å². The van der Waals surface area contributed by atoms with Gasteiger partial charge in [0, 0.05) is 23.8 Å². The summed E-state index contributed by atoms with van der Waals surface area (Å²) in [5, 5.41) is 3.01. The Morgan fingerprint density at radius 3 is 2.93 bits per heavy atom.